The first-order valence-corrected chi connectivity index (χ1v) is 6.69. The predicted octanol–water partition coefficient (Wildman–Crippen LogP) is 1.89. The second kappa shape index (κ2) is 5.55. The van der Waals surface area contributed by atoms with Crippen LogP contribution in [-0.4, -0.2) is 40.0 Å². The first kappa shape index (κ1) is 13.8. The topological polar surface area (TPSA) is 55.3 Å². The standard InChI is InChI=1S/C14H21N3O2/c1-14(2,3)13(18)17-8-4-5-11(9-17)19-12-6-7-15-10-16-12/h6-7,10-11H,4-5,8-9H2,1-3H3/t11-/m0/s1. The zero-order chi connectivity index (χ0) is 13.9. The Morgan fingerprint density at radius 1 is 1.47 bits per heavy atom. The minimum atomic E-state index is -0.337. The maximum Gasteiger partial charge on any atom is 0.228 e. The highest BCUT2D eigenvalue weighted by Crippen LogP contribution is 2.22. The molecule has 0 spiro atoms. The van der Waals surface area contributed by atoms with Crippen molar-refractivity contribution in [2.45, 2.75) is 39.7 Å². The molecule has 5 nitrogen and oxygen atoms in total. The van der Waals surface area contributed by atoms with Gasteiger partial charge in [-0.25, -0.2) is 9.97 Å². The van der Waals surface area contributed by atoms with Crippen molar-refractivity contribution >= 4 is 5.91 Å². The van der Waals surface area contributed by atoms with Crippen molar-refractivity contribution in [2.24, 2.45) is 5.41 Å². The van der Waals surface area contributed by atoms with Gasteiger partial charge >= 0.3 is 0 Å². The molecular formula is C14H21N3O2. The third-order valence-electron chi connectivity index (χ3n) is 3.15. The van der Waals surface area contributed by atoms with Gasteiger partial charge in [0.1, 0.15) is 12.4 Å². The van der Waals surface area contributed by atoms with E-state index in [0.717, 1.165) is 19.4 Å². The third kappa shape index (κ3) is 3.66. The SMILES string of the molecule is CC(C)(C)C(=O)N1CCC[C@H](Oc2ccncn2)C1. The number of nitrogens with zero attached hydrogens (tertiary/aromatic N) is 3. The monoisotopic (exact) mass is 263 g/mol. The molecule has 19 heavy (non-hydrogen) atoms. The Balaban J connectivity index is 1.96. The number of likely N-dealkylation sites (tertiary alicyclic amines) is 1. The molecule has 0 aromatic carbocycles. The Bertz CT molecular complexity index is 428. The van der Waals surface area contributed by atoms with Gasteiger partial charge in [0.05, 0.1) is 6.54 Å². The van der Waals surface area contributed by atoms with Gasteiger partial charge in [-0.2, -0.15) is 0 Å². The highest BCUT2D eigenvalue weighted by molar-refractivity contribution is 5.81. The summed E-state index contributed by atoms with van der Waals surface area (Å²) in [6.07, 6.45) is 5.07. The number of ether oxygens (including phenoxy) is 1. The van der Waals surface area contributed by atoms with Crippen molar-refractivity contribution in [3.05, 3.63) is 18.6 Å². The molecule has 1 aromatic heterocycles. The van der Waals surface area contributed by atoms with Crippen LogP contribution < -0.4 is 4.74 Å². The van der Waals surface area contributed by atoms with Gasteiger partial charge in [-0.1, -0.05) is 20.8 Å². The first-order valence-electron chi connectivity index (χ1n) is 6.69. The van der Waals surface area contributed by atoms with Crippen LogP contribution in [0.1, 0.15) is 33.6 Å². The maximum atomic E-state index is 12.3. The summed E-state index contributed by atoms with van der Waals surface area (Å²) in [5.41, 5.74) is -0.337. The predicted molar refractivity (Wildman–Crippen MR) is 71.7 cm³/mol. The van der Waals surface area contributed by atoms with Gasteiger partial charge in [-0.05, 0) is 12.8 Å². The Hall–Kier alpha value is -1.65. The van der Waals surface area contributed by atoms with Gasteiger partial charge in [-0.15, -0.1) is 0 Å². The molecule has 0 aliphatic carbocycles. The van der Waals surface area contributed by atoms with E-state index in [1.54, 1.807) is 12.3 Å². The number of carbonyl (C=O) groups excluding carboxylic acids is 1. The van der Waals surface area contributed by atoms with Crippen LogP contribution >= 0.6 is 0 Å². The molecule has 1 saturated heterocycles. The quantitative estimate of drug-likeness (QED) is 0.817. The minimum Gasteiger partial charge on any atom is -0.472 e. The number of piperidine rings is 1. The Morgan fingerprint density at radius 3 is 2.89 bits per heavy atom. The number of hydrogen-bond acceptors (Lipinski definition) is 4. The molecule has 104 valence electrons. The number of amides is 1. The highest BCUT2D eigenvalue weighted by atomic mass is 16.5. The largest absolute Gasteiger partial charge is 0.472 e. The van der Waals surface area contributed by atoms with Crippen LogP contribution in [0, 0.1) is 5.41 Å². The summed E-state index contributed by atoms with van der Waals surface area (Å²) in [5.74, 6) is 0.758. The van der Waals surface area contributed by atoms with E-state index < -0.39 is 0 Å². The van der Waals surface area contributed by atoms with Gasteiger partial charge in [0.2, 0.25) is 11.8 Å². The number of aromatic nitrogens is 2. The van der Waals surface area contributed by atoms with Crippen LogP contribution in [-0.2, 0) is 4.79 Å². The summed E-state index contributed by atoms with van der Waals surface area (Å²) < 4.78 is 5.80. The van der Waals surface area contributed by atoms with E-state index in [1.807, 2.05) is 25.7 Å². The molecule has 0 bridgehead atoms. The van der Waals surface area contributed by atoms with Crippen LogP contribution in [0.25, 0.3) is 0 Å². The third-order valence-corrected chi connectivity index (χ3v) is 3.15. The summed E-state index contributed by atoms with van der Waals surface area (Å²) in [6.45, 7) is 7.30. The molecule has 0 saturated carbocycles. The fourth-order valence-corrected chi connectivity index (χ4v) is 2.21. The summed E-state index contributed by atoms with van der Waals surface area (Å²) >= 11 is 0. The lowest BCUT2D eigenvalue weighted by molar-refractivity contribution is -0.142. The lowest BCUT2D eigenvalue weighted by Crippen LogP contribution is -2.48. The lowest BCUT2D eigenvalue weighted by Gasteiger charge is -2.36. The molecule has 1 aliphatic rings. The van der Waals surface area contributed by atoms with Gasteiger partial charge in [0.25, 0.3) is 0 Å². The normalized spacial score (nSPS) is 20.2. The van der Waals surface area contributed by atoms with Crippen molar-refractivity contribution in [3.8, 4) is 5.88 Å². The van der Waals surface area contributed by atoms with E-state index in [0.29, 0.717) is 12.4 Å². The fraction of sp³-hybridized carbons (Fsp3) is 0.643. The zero-order valence-corrected chi connectivity index (χ0v) is 11.8. The van der Waals surface area contributed by atoms with E-state index in [1.165, 1.54) is 6.33 Å². The second-order valence-corrected chi connectivity index (χ2v) is 5.93. The van der Waals surface area contributed by atoms with Crippen LogP contribution in [0.2, 0.25) is 0 Å². The van der Waals surface area contributed by atoms with Gasteiger partial charge in [-0.3, -0.25) is 4.79 Å². The average Bonchev–Trinajstić information content (AvgIpc) is 2.38. The van der Waals surface area contributed by atoms with E-state index in [-0.39, 0.29) is 17.4 Å². The molecular weight excluding hydrogens is 242 g/mol. The molecule has 0 N–H and O–H groups in total. The van der Waals surface area contributed by atoms with E-state index >= 15 is 0 Å². The fourth-order valence-electron chi connectivity index (χ4n) is 2.21. The molecule has 1 aromatic rings. The number of carbonyl (C=O) groups is 1. The molecule has 0 unspecified atom stereocenters. The zero-order valence-electron chi connectivity index (χ0n) is 11.8. The Labute approximate surface area is 114 Å². The second-order valence-electron chi connectivity index (χ2n) is 5.93. The summed E-state index contributed by atoms with van der Waals surface area (Å²) in [6, 6.07) is 1.74. The Kier molecular flexibility index (Phi) is 4.02. The van der Waals surface area contributed by atoms with Crippen molar-refractivity contribution < 1.29 is 9.53 Å². The number of hydrogen-bond donors (Lipinski definition) is 0. The van der Waals surface area contributed by atoms with E-state index in [9.17, 15) is 4.79 Å². The molecule has 2 heterocycles. The van der Waals surface area contributed by atoms with Crippen LogP contribution in [0.5, 0.6) is 5.88 Å². The molecule has 1 amide bonds. The molecule has 1 aliphatic heterocycles. The Morgan fingerprint density at radius 2 is 2.26 bits per heavy atom. The smallest absolute Gasteiger partial charge is 0.228 e. The lowest BCUT2D eigenvalue weighted by atomic mass is 9.93. The molecule has 2 rings (SSSR count). The number of rotatable bonds is 2. The van der Waals surface area contributed by atoms with Crippen molar-refractivity contribution in [2.75, 3.05) is 13.1 Å². The van der Waals surface area contributed by atoms with Crippen LogP contribution in [0.4, 0.5) is 0 Å². The maximum absolute atomic E-state index is 12.3. The van der Waals surface area contributed by atoms with Crippen molar-refractivity contribution in [1.29, 1.82) is 0 Å². The summed E-state index contributed by atoms with van der Waals surface area (Å²) in [4.78, 5) is 22.1. The van der Waals surface area contributed by atoms with Crippen molar-refractivity contribution in [1.82, 2.24) is 14.9 Å². The van der Waals surface area contributed by atoms with Gasteiger partial charge in [0.15, 0.2) is 0 Å². The first-order chi connectivity index (χ1) is 8.97. The average molecular weight is 263 g/mol. The molecule has 1 atom stereocenters. The molecule has 1 fully saturated rings. The minimum absolute atomic E-state index is 0.0231. The molecule has 0 radical (unpaired) electrons. The van der Waals surface area contributed by atoms with Crippen LogP contribution in [0.15, 0.2) is 18.6 Å². The van der Waals surface area contributed by atoms with Crippen LogP contribution in [0.3, 0.4) is 0 Å². The van der Waals surface area contributed by atoms with Gasteiger partial charge < -0.3 is 9.64 Å². The van der Waals surface area contributed by atoms with Gasteiger partial charge in [0, 0.05) is 24.2 Å². The van der Waals surface area contributed by atoms with Crippen molar-refractivity contribution in [3.63, 3.8) is 0 Å². The summed E-state index contributed by atoms with van der Waals surface area (Å²) in [7, 11) is 0. The molecule has 5 heteroatoms. The highest BCUT2D eigenvalue weighted by Gasteiger charge is 2.31. The van der Waals surface area contributed by atoms with E-state index in [4.69, 9.17) is 4.74 Å². The summed E-state index contributed by atoms with van der Waals surface area (Å²) in [5, 5.41) is 0. The van der Waals surface area contributed by atoms with E-state index in [2.05, 4.69) is 9.97 Å².